The molecule has 3 aromatic carbocycles. The highest BCUT2D eigenvalue weighted by Crippen LogP contribution is 2.36. The molecule has 0 aliphatic carbocycles. The Morgan fingerprint density at radius 1 is 0.952 bits per heavy atom. The van der Waals surface area contributed by atoms with E-state index < -0.39 is 12.0 Å². The highest BCUT2D eigenvalue weighted by molar-refractivity contribution is 7.98. The summed E-state index contributed by atoms with van der Waals surface area (Å²) >= 11 is 2.91. The molecule has 0 spiro atoms. The maximum atomic E-state index is 14.1. The van der Waals surface area contributed by atoms with E-state index in [2.05, 4.69) is 0 Å². The second-order valence-corrected chi connectivity index (χ2v) is 11.2. The van der Waals surface area contributed by atoms with Crippen LogP contribution in [0.5, 0.6) is 11.5 Å². The summed E-state index contributed by atoms with van der Waals surface area (Å²) in [5.74, 6) is 0.767. The van der Waals surface area contributed by atoms with Crippen LogP contribution in [0.1, 0.15) is 43.5 Å². The van der Waals surface area contributed by atoms with E-state index in [1.807, 2.05) is 99.0 Å². The molecular weight excluding hydrogens is 569 g/mol. The largest absolute Gasteiger partial charge is 0.490 e. The normalized spacial score (nSPS) is 14.8. The molecule has 1 aliphatic heterocycles. The molecular formula is C33H32N2O5S2. The molecule has 1 aliphatic rings. The fourth-order valence-electron chi connectivity index (χ4n) is 4.85. The number of rotatable bonds is 10. The van der Waals surface area contributed by atoms with Crippen LogP contribution in [-0.2, 0) is 9.53 Å². The Bertz CT molecular complexity index is 1790. The number of hydrogen-bond acceptors (Lipinski definition) is 8. The third-order valence-electron chi connectivity index (χ3n) is 6.67. The number of carbonyl (C=O) groups excluding carboxylic acids is 1. The van der Waals surface area contributed by atoms with Crippen molar-refractivity contribution in [2.45, 2.75) is 31.7 Å². The van der Waals surface area contributed by atoms with Gasteiger partial charge in [0.25, 0.3) is 5.56 Å². The van der Waals surface area contributed by atoms with Gasteiger partial charge in [0, 0.05) is 10.5 Å². The molecule has 5 rings (SSSR count). The number of esters is 1. The van der Waals surface area contributed by atoms with E-state index in [-0.39, 0.29) is 12.2 Å². The number of ether oxygens (including phenoxy) is 3. The molecule has 0 radical (unpaired) electrons. The van der Waals surface area contributed by atoms with Gasteiger partial charge in [-0.25, -0.2) is 9.79 Å². The summed E-state index contributed by atoms with van der Waals surface area (Å²) < 4.78 is 19.2. The fraction of sp³-hybridized carbons (Fsp3) is 0.242. The fourth-order valence-corrected chi connectivity index (χ4v) is 6.26. The van der Waals surface area contributed by atoms with E-state index >= 15 is 0 Å². The predicted octanol–water partition coefficient (Wildman–Crippen LogP) is 5.45. The Kier molecular flexibility index (Phi) is 9.29. The van der Waals surface area contributed by atoms with Crippen LogP contribution in [0.15, 0.2) is 93.1 Å². The van der Waals surface area contributed by atoms with Gasteiger partial charge in [-0.3, -0.25) is 9.36 Å². The molecule has 1 atom stereocenters. The van der Waals surface area contributed by atoms with E-state index in [1.54, 1.807) is 23.3 Å². The zero-order valence-corrected chi connectivity index (χ0v) is 25.6. The first-order chi connectivity index (χ1) is 20.5. The lowest BCUT2D eigenvalue weighted by molar-refractivity contribution is -0.138. The van der Waals surface area contributed by atoms with Crippen molar-refractivity contribution in [3.63, 3.8) is 0 Å². The lowest BCUT2D eigenvalue weighted by Gasteiger charge is -2.26. The third-order valence-corrected chi connectivity index (χ3v) is 8.40. The molecule has 7 nitrogen and oxygen atoms in total. The van der Waals surface area contributed by atoms with E-state index in [4.69, 9.17) is 19.2 Å². The quantitative estimate of drug-likeness (QED) is 0.178. The van der Waals surface area contributed by atoms with Crippen LogP contribution in [-0.4, -0.2) is 36.6 Å². The summed E-state index contributed by atoms with van der Waals surface area (Å²) in [5, 5.41) is 0. The highest BCUT2D eigenvalue weighted by Gasteiger charge is 2.35. The van der Waals surface area contributed by atoms with Crippen LogP contribution in [0.3, 0.4) is 0 Å². The van der Waals surface area contributed by atoms with Gasteiger partial charge in [-0.2, -0.15) is 0 Å². The SMILES string of the molecule is CCOC(=O)C1=C(c2ccccc2)N=c2s/c(=C\c3ccc(OCC)c(OCC)c3)c(=O)n2[C@@H]1c1ccc(SC)cc1. The Hall–Kier alpha value is -4.08. The molecule has 9 heteroatoms. The number of benzene rings is 3. The van der Waals surface area contributed by atoms with Gasteiger partial charge in [0.2, 0.25) is 0 Å². The van der Waals surface area contributed by atoms with Crippen molar-refractivity contribution < 1.29 is 19.0 Å². The highest BCUT2D eigenvalue weighted by atomic mass is 32.2. The number of hydrogen-bond donors (Lipinski definition) is 0. The van der Waals surface area contributed by atoms with E-state index in [1.165, 1.54) is 11.3 Å². The van der Waals surface area contributed by atoms with Crippen molar-refractivity contribution in [2.75, 3.05) is 26.1 Å². The minimum atomic E-state index is -0.715. The maximum absolute atomic E-state index is 14.1. The van der Waals surface area contributed by atoms with Gasteiger partial charge in [0.1, 0.15) is 0 Å². The molecule has 1 aromatic heterocycles. The predicted molar refractivity (Wildman–Crippen MR) is 168 cm³/mol. The molecule has 0 bridgehead atoms. The van der Waals surface area contributed by atoms with Crippen LogP contribution < -0.4 is 24.4 Å². The number of nitrogens with zero attached hydrogens (tertiary/aromatic N) is 2. The van der Waals surface area contributed by atoms with Crippen LogP contribution in [0.4, 0.5) is 0 Å². The van der Waals surface area contributed by atoms with Crippen LogP contribution in [0.2, 0.25) is 0 Å². The lowest BCUT2D eigenvalue weighted by Crippen LogP contribution is -2.40. The summed E-state index contributed by atoms with van der Waals surface area (Å²) in [6.07, 6.45) is 3.83. The molecule has 216 valence electrons. The molecule has 0 N–H and O–H groups in total. The number of carbonyl (C=O) groups is 1. The minimum Gasteiger partial charge on any atom is -0.490 e. The number of thioether (sulfide) groups is 1. The monoisotopic (exact) mass is 600 g/mol. The van der Waals surface area contributed by atoms with Crippen molar-refractivity contribution in [2.24, 2.45) is 4.99 Å². The van der Waals surface area contributed by atoms with Crippen molar-refractivity contribution in [1.29, 1.82) is 0 Å². The molecule has 2 heterocycles. The Balaban J connectivity index is 1.76. The molecule has 0 amide bonds. The van der Waals surface area contributed by atoms with Crippen molar-refractivity contribution in [1.82, 2.24) is 4.57 Å². The molecule has 4 aromatic rings. The van der Waals surface area contributed by atoms with Crippen LogP contribution in [0, 0.1) is 0 Å². The van der Waals surface area contributed by atoms with Gasteiger partial charge < -0.3 is 14.2 Å². The van der Waals surface area contributed by atoms with Crippen LogP contribution >= 0.6 is 23.1 Å². The zero-order chi connectivity index (χ0) is 29.6. The first-order valence-corrected chi connectivity index (χ1v) is 15.8. The Morgan fingerprint density at radius 2 is 1.67 bits per heavy atom. The number of fused-ring (bicyclic) bond motifs is 1. The van der Waals surface area contributed by atoms with Gasteiger partial charge in [0.05, 0.1) is 41.7 Å². The summed E-state index contributed by atoms with van der Waals surface area (Å²) in [6.45, 7) is 6.81. The third kappa shape index (κ3) is 5.93. The van der Waals surface area contributed by atoms with E-state index in [0.717, 1.165) is 21.6 Å². The average Bonchev–Trinajstić information content (AvgIpc) is 3.32. The molecule has 0 saturated heterocycles. The first kappa shape index (κ1) is 29.4. The topological polar surface area (TPSA) is 79.1 Å². The van der Waals surface area contributed by atoms with Crippen LogP contribution in [0.25, 0.3) is 11.8 Å². The van der Waals surface area contributed by atoms with Gasteiger partial charge >= 0.3 is 5.97 Å². The van der Waals surface area contributed by atoms with Gasteiger partial charge in [0.15, 0.2) is 16.3 Å². The van der Waals surface area contributed by atoms with Crippen molar-refractivity contribution in [3.8, 4) is 11.5 Å². The van der Waals surface area contributed by atoms with Gasteiger partial charge in [-0.1, -0.05) is 59.9 Å². The van der Waals surface area contributed by atoms with Crippen molar-refractivity contribution >= 4 is 40.8 Å². The average molecular weight is 601 g/mol. The van der Waals surface area contributed by atoms with E-state index in [0.29, 0.717) is 45.3 Å². The summed E-state index contributed by atoms with van der Waals surface area (Å²) in [5.41, 5.74) is 2.96. The summed E-state index contributed by atoms with van der Waals surface area (Å²) in [6, 6.07) is 22.3. The maximum Gasteiger partial charge on any atom is 0.338 e. The standard InChI is InChI=1S/C33H32N2O5S2/c1-5-38-25-18-13-21(19-26(25)39-6-2)20-27-31(36)35-30(23-14-16-24(41-4)17-15-23)28(32(37)40-7-3)29(34-33(35)42-27)22-11-9-8-10-12-22/h8-20,30H,5-7H2,1-4H3/b27-20-/t30-/m1/s1. The van der Waals surface area contributed by atoms with E-state index in [9.17, 15) is 9.59 Å². The summed E-state index contributed by atoms with van der Waals surface area (Å²) in [7, 11) is 0. The van der Waals surface area contributed by atoms with Crippen molar-refractivity contribution in [3.05, 3.63) is 115 Å². The Morgan fingerprint density at radius 3 is 2.33 bits per heavy atom. The molecule has 0 fully saturated rings. The second-order valence-electron chi connectivity index (χ2n) is 9.28. The smallest absolute Gasteiger partial charge is 0.338 e. The zero-order valence-electron chi connectivity index (χ0n) is 24.0. The van der Waals surface area contributed by atoms with Gasteiger partial charge in [-0.05, 0) is 68.5 Å². The lowest BCUT2D eigenvalue weighted by atomic mass is 9.93. The summed E-state index contributed by atoms with van der Waals surface area (Å²) in [4.78, 5) is 34.2. The van der Waals surface area contributed by atoms with Gasteiger partial charge in [-0.15, -0.1) is 11.8 Å². The molecule has 0 unspecified atom stereocenters. The molecule has 42 heavy (non-hydrogen) atoms. The number of aromatic nitrogens is 1. The first-order valence-electron chi connectivity index (χ1n) is 13.8. The number of thiazole rings is 1. The second kappa shape index (κ2) is 13.3. The minimum absolute atomic E-state index is 0.201. The molecule has 0 saturated carbocycles. The Labute approximate surface area is 252 Å².